The Morgan fingerprint density at radius 1 is 0.510 bits per heavy atom. The maximum atomic E-state index is 14.8. The Balaban J connectivity index is 1.42. The SMILES string of the molecule is O=c1c2cc3c4c5c(cc6c(=O)n7c8ccccc8nc7c7cc8c(c9c(cc(c2c49)c2nc4ccccc4n12)S8(=O)=O)c5c67)S(=O)(=O)O3. The van der Waals surface area contributed by atoms with Gasteiger partial charge in [0.25, 0.3) is 11.1 Å². The Bertz CT molecular complexity index is 3890. The van der Waals surface area contributed by atoms with Crippen molar-refractivity contribution in [3.63, 3.8) is 0 Å². The van der Waals surface area contributed by atoms with Crippen molar-refractivity contribution < 1.29 is 21.0 Å². The summed E-state index contributed by atoms with van der Waals surface area (Å²) in [5.41, 5.74) is 1.76. The largest absolute Gasteiger partial charge is 0.378 e. The molecule has 0 amide bonds. The molecular formula is C36H12N4O7S2. The number of hydrogen-bond donors (Lipinski definition) is 0. The van der Waals surface area contributed by atoms with Crippen LogP contribution >= 0.6 is 0 Å². The number of pyridine rings is 2. The maximum absolute atomic E-state index is 14.8. The van der Waals surface area contributed by atoms with Crippen LogP contribution in [-0.2, 0) is 20.0 Å². The third-order valence-corrected chi connectivity index (χ3v) is 13.7. The third kappa shape index (κ3) is 2.38. The fraction of sp³-hybridized carbons (Fsp3) is 0. The van der Waals surface area contributed by atoms with Gasteiger partial charge < -0.3 is 4.18 Å². The molecule has 49 heavy (non-hydrogen) atoms. The quantitative estimate of drug-likeness (QED) is 0.116. The number of para-hydroxylation sites is 4. The molecule has 7 aromatic carbocycles. The van der Waals surface area contributed by atoms with Crippen LogP contribution in [0, 0.1) is 0 Å². The molecule has 11 aromatic rings. The van der Waals surface area contributed by atoms with E-state index in [1.807, 2.05) is 0 Å². The molecular weight excluding hydrogens is 665 g/mol. The minimum absolute atomic E-state index is 0.0147. The van der Waals surface area contributed by atoms with Gasteiger partial charge in [-0.3, -0.25) is 18.4 Å². The average molecular weight is 677 g/mol. The van der Waals surface area contributed by atoms with Crippen LogP contribution in [0.15, 0.2) is 97.1 Å². The van der Waals surface area contributed by atoms with E-state index in [0.29, 0.717) is 76.2 Å². The molecule has 0 aliphatic carbocycles. The minimum atomic E-state index is -4.54. The van der Waals surface area contributed by atoms with Crippen LogP contribution < -0.4 is 15.3 Å². The lowest BCUT2D eigenvalue weighted by atomic mass is 9.85. The lowest BCUT2D eigenvalue weighted by Gasteiger charge is -2.24. The van der Waals surface area contributed by atoms with Gasteiger partial charge in [-0.2, -0.15) is 8.42 Å². The molecule has 0 radical (unpaired) electrons. The summed E-state index contributed by atoms with van der Waals surface area (Å²) in [6.45, 7) is 0. The van der Waals surface area contributed by atoms with Crippen LogP contribution in [0.1, 0.15) is 0 Å². The van der Waals surface area contributed by atoms with E-state index in [0.717, 1.165) is 0 Å². The predicted octanol–water partition coefficient (Wildman–Crippen LogP) is 5.47. The Morgan fingerprint density at radius 2 is 0.980 bits per heavy atom. The zero-order chi connectivity index (χ0) is 32.6. The molecule has 0 spiro atoms. The van der Waals surface area contributed by atoms with E-state index in [4.69, 9.17) is 14.2 Å². The van der Waals surface area contributed by atoms with Crippen LogP contribution in [0.2, 0.25) is 0 Å². The lowest BCUT2D eigenvalue weighted by Crippen LogP contribution is -2.19. The monoisotopic (exact) mass is 676 g/mol. The summed E-state index contributed by atoms with van der Waals surface area (Å²) >= 11 is 0. The van der Waals surface area contributed by atoms with Gasteiger partial charge >= 0.3 is 10.1 Å². The highest BCUT2D eigenvalue weighted by Crippen LogP contribution is 2.58. The Kier molecular flexibility index (Phi) is 3.63. The number of fused-ring (bicyclic) bond motifs is 8. The molecule has 0 atom stereocenters. The van der Waals surface area contributed by atoms with Gasteiger partial charge in [0.05, 0.1) is 42.6 Å². The molecule has 2 aliphatic rings. The molecule has 4 aromatic heterocycles. The van der Waals surface area contributed by atoms with E-state index in [9.17, 15) is 26.4 Å². The van der Waals surface area contributed by atoms with E-state index in [-0.39, 0.29) is 42.2 Å². The lowest BCUT2D eigenvalue weighted by molar-refractivity contribution is 0.488. The first-order chi connectivity index (χ1) is 23.6. The molecule has 0 N–H and O–H groups in total. The maximum Gasteiger partial charge on any atom is 0.339 e. The second-order valence-corrected chi connectivity index (χ2v) is 16.3. The van der Waals surface area contributed by atoms with Gasteiger partial charge in [0, 0.05) is 53.9 Å². The topological polar surface area (TPSA) is 146 Å². The molecule has 11 nitrogen and oxygen atoms in total. The highest BCUT2D eigenvalue weighted by Gasteiger charge is 2.41. The van der Waals surface area contributed by atoms with E-state index in [1.54, 1.807) is 60.7 Å². The number of imidazole rings is 2. The van der Waals surface area contributed by atoms with Crippen molar-refractivity contribution in [3.8, 4) is 5.75 Å². The number of rotatable bonds is 0. The van der Waals surface area contributed by atoms with Gasteiger partial charge in [-0.1, -0.05) is 24.3 Å². The molecule has 230 valence electrons. The molecule has 0 bridgehead atoms. The molecule has 13 heteroatoms. The number of aromatic nitrogens is 4. The summed E-state index contributed by atoms with van der Waals surface area (Å²) in [7, 11) is -8.77. The standard InChI is InChI=1S/C36H12N4O7S2/c41-35-15-9-21-27-30-24(49(45,46)47-21)12-16-26-14(34-38-18-6-2-4-8-20(18)40(34)36(16)42)11-23-29(32(26)30)28-22(48(23,43)44)10-13(25(15)31(27)28)33-37-17-5-1-3-7-19(17)39(33)35/h1-12H. The first kappa shape index (κ1) is 24.9. The van der Waals surface area contributed by atoms with Crippen LogP contribution in [-0.4, -0.2) is 35.6 Å². The van der Waals surface area contributed by atoms with Crippen molar-refractivity contribution in [2.75, 3.05) is 0 Å². The number of hydrogen-bond acceptors (Lipinski definition) is 9. The fourth-order valence-electron chi connectivity index (χ4n) is 8.89. The van der Waals surface area contributed by atoms with Gasteiger partial charge in [0.2, 0.25) is 9.84 Å². The Morgan fingerprint density at radius 3 is 1.55 bits per heavy atom. The first-order valence-corrected chi connectivity index (χ1v) is 18.1. The summed E-state index contributed by atoms with van der Waals surface area (Å²) in [4.78, 5) is 38.0. The van der Waals surface area contributed by atoms with Crippen molar-refractivity contribution >= 4 is 118 Å². The van der Waals surface area contributed by atoms with E-state index in [2.05, 4.69) is 0 Å². The number of sulfone groups is 1. The third-order valence-electron chi connectivity index (χ3n) is 10.7. The Hall–Kier alpha value is -6.18. The Labute approximate surface area is 270 Å². The molecule has 0 saturated heterocycles. The molecule has 0 unspecified atom stereocenters. The summed E-state index contributed by atoms with van der Waals surface area (Å²) in [6, 6.07) is 20.1. The van der Waals surface area contributed by atoms with Gasteiger partial charge in [-0.05, 0) is 48.5 Å². The molecule has 0 fully saturated rings. The van der Waals surface area contributed by atoms with Crippen LogP contribution in [0.5, 0.6) is 5.75 Å². The molecule has 6 heterocycles. The number of benzene rings is 7. The van der Waals surface area contributed by atoms with Crippen molar-refractivity contribution in [1.29, 1.82) is 0 Å². The predicted molar refractivity (Wildman–Crippen MR) is 183 cm³/mol. The zero-order valence-corrected chi connectivity index (χ0v) is 26.0. The van der Waals surface area contributed by atoms with E-state index in [1.165, 1.54) is 20.9 Å². The second kappa shape index (κ2) is 7.14. The second-order valence-electron chi connectivity index (χ2n) is 12.9. The summed E-state index contributed by atoms with van der Waals surface area (Å²) in [5.74, 6) is -0.0813. The van der Waals surface area contributed by atoms with Crippen molar-refractivity contribution in [3.05, 3.63) is 93.5 Å². The van der Waals surface area contributed by atoms with Gasteiger partial charge in [-0.15, -0.1) is 0 Å². The zero-order valence-electron chi connectivity index (χ0n) is 24.4. The molecule has 13 rings (SSSR count). The number of nitrogens with zero attached hydrogens (tertiary/aromatic N) is 4. The molecule has 0 saturated carbocycles. The van der Waals surface area contributed by atoms with Crippen molar-refractivity contribution in [2.24, 2.45) is 0 Å². The summed E-state index contributed by atoms with van der Waals surface area (Å²) in [5, 5.41) is 4.05. The van der Waals surface area contributed by atoms with Gasteiger partial charge in [-0.25, -0.2) is 18.4 Å². The smallest absolute Gasteiger partial charge is 0.339 e. The van der Waals surface area contributed by atoms with Crippen LogP contribution in [0.25, 0.3) is 98.0 Å². The summed E-state index contributed by atoms with van der Waals surface area (Å²) in [6.07, 6.45) is 0. The minimum Gasteiger partial charge on any atom is -0.378 e. The fourth-order valence-corrected chi connectivity index (χ4v) is 11.8. The first-order valence-electron chi connectivity index (χ1n) is 15.3. The average Bonchev–Trinajstić information content (AvgIpc) is 3.74. The molecule has 2 aliphatic heterocycles. The van der Waals surface area contributed by atoms with Crippen LogP contribution in [0.4, 0.5) is 0 Å². The van der Waals surface area contributed by atoms with Crippen molar-refractivity contribution in [1.82, 2.24) is 18.8 Å². The normalized spacial score (nSPS) is 16.3. The van der Waals surface area contributed by atoms with Gasteiger partial charge in [0.15, 0.2) is 5.75 Å². The van der Waals surface area contributed by atoms with Gasteiger partial charge in [0.1, 0.15) is 16.2 Å². The summed E-state index contributed by atoms with van der Waals surface area (Å²) < 4.78 is 66.3. The van der Waals surface area contributed by atoms with Crippen molar-refractivity contribution in [2.45, 2.75) is 14.7 Å². The highest BCUT2D eigenvalue weighted by atomic mass is 32.2. The van der Waals surface area contributed by atoms with Crippen LogP contribution in [0.3, 0.4) is 0 Å². The van der Waals surface area contributed by atoms with E-state index >= 15 is 0 Å². The highest BCUT2D eigenvalue weighted by molar-refractivity contribution is 7.92. The van der Waals surface area contributed by atoms with E-state index < -0.39 is 31.1 Å².